The van der Waals surface area contributed by atoms with E-state index < -0.39 is 0 Å². The van der Waals surface area contributed by atoms with Gasteiger partial charge in [-0.3, -0.25) is 18.6 Å². The van der Waals surface area contributed by atoms with Crippen LogP contribution < -0.4 is 16.0 Å². The molecule has 3 aromatic heterocycles. The molecule has 3 heterocycles. The topological polar surface area (TPSA) is 72.8 Å². The minimum absolute atomic E-state index is 0.0751. The summed E-state index contributed by atoms with van der Waals surface area (Å²) in [5, 5.41) is 2.55. The summed E-state index contributed by atoms with van der Waals surface area (Å²) in [5.41, 5.74) is 10.5. The third-order valence-corrected chi connectivity index (χ3v) is 10.9. The lowest BCUT2D eigenvalue weighted by Gasteiger charge is -2.26. The normalized spacial score (nSPS) is 11.6. The van der Waals surface area contributed by atoms with E-state index in [9.17, 15) is 9.59 Å². The molecule has 0 bridgehead atoms. The molecule has 11 rings (SSSR count). The molecule has 0 N–H and O–H groups in total. The molecule has 7 heteroatoms. The van der Waals surface area contributed by atoms with E-state index in [1.54, 1.807) is 16.7 Å². The molecule has 0 aliphatic carbocycles. The van der Waals surface area contributed by atoms with E-state index in [1.165, 1.54) is 4.40 Å². The van der Waals surface area contributed by atoms with Gasteiger partial charge in [0.15, 0.2) is 0 Å². The number of aromatic nitrogens is 3. The third kappa shape index (κ3) is 5.40. The molecule has 58 heavy (non-hydrogen) atoms. The first-order valence-corrected chi connectivity index (χ1v) is 19.1. The van der Waals surface area contributed by atoms with Gasteiger partial charge in [-0.1, -0.05) is 109 Å². The maximum absolute atomic E-state index is 14.4. The van der Waals surface area contributed by atoms with Crippen LogP contribution in [-0.2, 0) is 0 Å². The Labute approximate surface area is 331 Å². The van der Waals surface area contributed by atoms with Gasteiger partial charge in [0.1, 0.15) is 11.2 Å². The Kier molecular flexibility index (Phi) is 7.65. The Hall–Kier alpha value is -8.03. The molecular weight excluding hydrogens is 717 g/mol. The molecule has 11 aromatic rings. The number of nitrogens with zero attached hydrogens (tertiary/aromatic N) is 4. The number of fused-ring (bicyclic) bond motifs is 7. The monoisotopic (exact) mass is 748 g/mol. The summed E-state index contributed by atoms with van der Waals surface area (Å²) in [6.45, 7) is 0. The molecular formula is C51H32N4O3. The van der Waals surface area contributed by atoms with Crippen molar-refractivity contribution in [2.45, 2.75) is 0 Å². The van der Waals surface area contributed by atoms with Crippen molar-refractivity contribution in [1.29, 1.82) is 0 Å². The summed E-state index contributed by atoms with van der Waals surface area (Å²) in [7, 11) is 0. The van der Waals surface area contributed by atoms with E-state index in [2.05, 4.69) is 95.9 Å². The SMILES string of the molecule is O=c1c2nc3ccccc3c(=O)n2c2ccc(-c3cccc(N(c4ccc(-c5ccccc5)cc4)c4ccc5oc6ccccc6c5c4)c3)cc2n1-c1ccccc1. The van der Waals surface area contributed by atoms with Gasteiger partial charge in [-0.15, -0.1) is 0 Å². The molecule has 274 valence electrons. The minimum atomic E-state index is -0.375. The van der Waals surface area contributed by atoms with E-state index in [4.69, 9.17) is 9.40 Å². The minimum Gasteiger partial charge on any atom is -0.456 e. The fourth-order valence-electron chi connectivity index (χ4n) is 8.17. The van der Waals surface area contributed by atoms with E-state index >= 15 is 0 Å². The zero-order chi connectivity index (χ0) is 38.7. The standard InChI is InChI=1S/C51H32N4O3/c56-50-42-19-7-9-20-44(42)52-49-51(57)54(37-15-5-2-6-16-37)46-31-36(24-28-45(46)55(49)50)35-14-11-17-39(30-35)53(38-25-22-34(23-26-38)33-12-3-1-4-13-33)40-27-29-48-43(32-40)41-18-8-10-21-47(41)58-48/h1-32H. The molecule has 0 aliphatic heterocycles. The van der Waals surface area contributed by atoms with Gasteiger partial charge in [0.2, 0.25) is 5.65 Å². The number of para-hydroxylation sites is 3. The Morgan fingerprint density at radius 2 is 1.05 bits per heavy atom. The summed E-state index contributed by atoms with van der Waals surface area (Å²) in [5.74, 6) is 0. The largest absolute Gasteiger partial charge is 0.456 e. The van der Waals surface area contributed by atoms with Crippen molar-refractivity contribution in [2.75, 3.05) is 4.90 Å². The van der Waals surface area contributed by atoms with Crippen molar-refractivity contribution < 1.29 is 4.42 Å². The zero-order valence-electron chi connectivity index (χ0n) is 31.0. The van der Waals surface area contributed by atoms with Crippen LogP contribution in [0.15, 0.2) is 208 Å². The van der Waals surface area contributed by atoms with Crippen molar-refractivity contribution in [3.63, 3.8) is 0 Å². The summed E-state index contributed by atoms with van der Waals surface area (Å²) in [6.07, 6.45) is 0. The van der Waals surface area contributed by atoms with Gasteiger partial charge < -0.3 is 9.32 Å². The first-order valence-electron chi connectivity index (χ1n) is 19.1. The number of furan rings is 1. The fraction of sp³-hybridized carbons (Fsp3) is 0. The highest BCUT2D eigenvalue weighted by molar-refractivity contribution is 6.06. The molecule has 8 aromatic carbocycles. The van der Waals surface area contributed by atoms with Gasteiger partial charge in [-0.2, -0.15) is 0 Å². The van der Waals surface area contributed by atoms with Gasteiger partial charge >= 0.3 is 0 Å². The van der Waals surface area contributed by atoms with E-state index in [0.717, 1.165) is 61.3 Å². The molecule has 0 unspecified atom stereocenters. The number of anilines is 3. The van der Waals surface area contributed by atoms with Crippen LogP contribution in [0.25, 0.3) is 77.5 Å². The number of rotatable bonds is 6. The van der Waals surface area contributed by atoms with Crippen LogP contribution in [0.5, 0.6) is 0 Å². The van der Waals surface area contributed by atoms with Gasteiger partial charge in [0.05, 0.1) is 21.9 Å². The first-order chi connectivity index (χ1) is 28.6. The van der Waals surface area contributed by atoms with Crippen LogP contribution >= 0.6 is 0 Å². The fourth-order valence-corrected chi connectivity index (χ4v) is 8.17. The number of benzene rings is 8. The van der Waals surface area contributed by atoms with E-state index in [0.29, 0.717) is 27.6 Å². The maximum atomic E-state index is 14.4. The second-order valence-corrected chi connectivity index (χ2v) is 14.4. The summed E-state index contributed by atoms with van der Waals surface area (Å²) >= 11 is 0. The van der Waals surface area contributed by atoms with Crippen LogP contribution in [0.3, 0.4) is 0 Å². The highest BCUT2D eigenvalue weighted by Crippen LogP contribution is 2.40. The van der Waals surface area contributed by atoms with Crippen LogP contribution in [0.2, 0.25) is 0 Å². The predicted octanol–water partition coefficient (Wildman–Crippen LogP) is 11.9. The van der Waals surface area contributed by atoms with Crippen LogP contribution in [0.1, 0.15) is 0 Å². The Bertz CT molecular complexity index is 3500. The highest BCUT2D eigenvalue weighted by Gasteiger charge is 2.20. The molecule has 0 saturated carbocycles. The molecule has 7 nitrogen and oxygen atoms in total. The van der Waals surface area contributed by atoms with Gasteiger partial charge in [0.25, 0.3) is 11.1 Å². The molecule has 0 atom stereocenters. The van der Waals surface area contributed by atoms with E-state index in [1.807, 2.05) is 91.0 Å². The zero-order valence-corrected chi connectivity index (χ0v) is 31.0. The highest BCUT2D eigenvalue weighted by atomic mass is 16.3. The van der Waals surface area contributed by atoms with Gasteiger partial charge in [-0.05, 0) is 107 Å². The molecule has 0 aliphatic rings. The lowest BCUT2D eigenvalue weighted by molar-refractivity contribution is 0.669. The first kappa shape index (κ1) is 33.3. The van der Waals surface area contributed by atoms with Crippen molar-refractivity contribution in [1.82, 2.24) is 14.0 Å². The van der Waals surface area contributed by atoms with Crippen molar-refractivity contribution in [2.24, 2.45) is 0 Å². The van der Waals surface area contributed by atoms with Crippen molar-refractivity contribution in [3.8, 4) is 27.9 Å². The molecule has 0 amide bonds. The number of hydrogen-bond acceptors (Lipinski definition) is 5. The smallest absolute Gasteiger partial charge is 0.299 e. The quantitative estimate of drug-likeness (QED) is 0.125. The van der Waals surface area contributed by atoms with E-state index in [-0.39, 0.29) is 16.8 Å². The lowest BCUT2D eigenvalue weighted by Crippen LogP contribution is -2.28. The Morgan fingerprint density at radius 1 is 0.431 bits per heavy atom. The van der Waals surface area contributed by atoms with Crippen LogP contribution in [-0.4, -0.2) is 14.0 Å². The summed E-state index contributed by atoms with van der Waals surface area (Å²) in [4.78, 5) is 35.5. The van der Waals surface area contributed by atoms with Gasteiger partial charge in [0, 0.05) is 33.5 Å². The average molecular weight is 749 g/mol. The second kappa shape index (κ2) is 13.3. The van der Waals surface area contributed by atoms with Crippen molar-refractivity contribution in [3.05, 3.63) is 215 Å². The van der Waals surface area contributed by atoms with Crippen molar-refractivity contribution >= 4 is 66.6 Å². The van der Waals surface area contributed by atoms with Crippen LogP contribution in [0.4, 0.5) is 17.1 Å². The number of hydrogen-bond donors (Lipinski definition) is 0. The summed E-state index contributed by atoms with van der Waals surface area (Å²) in [6, 6.07) is 64.4. The van der Waals surface area contributed by atoms with Gasteiger partial charge in [-0.25, -0.2) is 4.98 Å². The third-order valence-electron chi connectivity index (χ3n) is 10.9. The summed E-state index contributed by atoms with van der Waals surface area (Å²) < 4.78 is 9.32. The average Bonchev–Trinajstić information content (AvgIpc) is 3.66. The lowest BCUT2D eigenvalue weighted by atomic mass is 10.0. The molecule has 0 fully saturated rings. The van der Waals surface area contributed by atoms with Crippen LogP contribution in [0, 0.1) is 0 Å². The Balaban J connectivity index is 1.11. The molecule has 0 saturated heterocycles. The second-order valence-electron chi connectivity index (χ2n) is 14.4. The predicted molar refractivity (Wildman–Crippen MR) is 235 cm³/mol. The Morgan fingerprint density at radius 3 is 1.88 bits per heavy atom. The maximum Gasteiger partial charge on any atom is 0.299 e. The molecule has 0 spiro atoms. The molecule has 0 radical (unpaired) electrons.